The molecule has 0 amide bonds. The number of likely N-dealkylation sites (N-methyl/N-ethyl adjacent to an activating group) is 1. The Morgan fingerprint density at radius 3 is 1.97 bits per heavy atom. The Hall–Kier alpha value is -2.79. The van der Waals surface area contributed by atoms with Gasteiger partial charge in [-0.2, -0.15) is 0 Å². The van der Waals surface area contributed by atoms with Gasteiger partial charge in [-0.1, -0.05) is 30.3 Å². The van der Waals surface area contributed by atoms with E-state index in [1.807, 2.05) is 11.3 Å². The molecule has 0 radical (unpaired) electrons. The number of rotatable bonds is 12. The summed E-state index contributed by atoms with van der Waals surface area (Å²) in [7, 11) is 4.27. The molecular formula is C23H32N2O7S. The number of carbonyl (C=O) groups is 3. The SMILES string of the molecule is Cc1ccccc1CN(CCN(C)C)Cc1cccs1.O=C(O)CC(O)(CC(=O)O)C(=O)O. The molecule has 0 bridgehead atoms. The Kier molecular flexibility index (Phi) is 11.7. The second-order valence-electron chi connectivity index (χ2n) is 8.00. The molecule has 0 saturated carbocycles. The number of aliphatic hydroxyl groups is 1. The van der Waals surface area contributed by atoms with Crippen LogP contribution in [0.25, 0.3) is 0 Å². The van der Waals surface area contributed by atoms with Crippen LogP contribution in [0.15, 0.2) is 41.8 Å². The van der Waals surface area contributed by atoms with Crippen molar-refractivity contribution in [2.24, 2.45) is 0 Å². The highest BCUT2D eigenvalue weighted by Crippen LogP contribution is 2.17. The molecule has 10 heteroatoms. The number of carboxylic acid groups (broad SMARTS) is 3. The number of thiophene rings is 1. The smallest absolute Gasteiger partial charge is 0.336 e. The van der Waals surface area contributed by atoms with Gasteiger partial charge in [0.1, 0.15) is 0 Å². The second kappa shape index (κ2) is 13.7. The van der Waals surface area contributed by atoms with Crippen LogP contribution >= 0.6 is 11.3 Å². The van der Waals surface area contributed by atoms with Crippen molar-refractivity contribution < 1.29 is 34.8 Å². The van der Waals surface area contributed by atoms with Gasteiger partial charge in [-0.05, 0) is 43.6 Å². The average Bonchev–Trinajstić information content (AvgIpc) is 3.20. The molecule has 182 valence electrons. The van der Waals surface area contributed by atoms with E-state index in [0.29, 0.717) is 0 Å². The Morgan fingerprint density at radius 1 is 0.909 bits per heavy atom. The first-order valence-electron chi connectivity index (χ1n) is 10.3. The number of hydrogen-bond donors (Lipinski definition) is 4. The van der Waals surface area contributed by atoms with E-state index in [-0.39, 0.29) is 0 Å². The number of carboxylic acids is 3. The summed E-state index contributed by atoms with van der Waals surface area (Å²) in [5.74, 6) is -5.02. The summed E-state index contributed by atoms with van der Waals surface area (Å²) in [4.78, 5) is 36.7. The molecule has 0 unspecified atom stereocenters. The summed E-state index contributed by atoms with van der Waals surface area (Å²) >= 11 is 1.84. The molecular weight excluding hydrogens is 448 g/mol. The lowest BCUT2D eigenvalue weighted by Gasteiger charge is -2.24. The Balaban J connectivity index is 0.000000366. The first-order valence-corrected chi connectivity index (χ1v) is 11.1. The average molecular weight is 481 g/mol. The van der Waals surface area contributed by atoms with Crippen LogP contribution in [0.5, 0.6) is 0 Å². The first kappa shape index (κ1) is 28.2. The molecule has 4 N–H and O–H groups in total. The van der Waals surface area contributed by atoms with Gasteiger partial charge in [0.15, 0.2) is 5.60 Å². The number of nitrogens with zero attached hydrogens (tertiary/aromatic N) is 2. The predicted molar refractivity (Wildman–Crippen MR) is 125 cm³/mol. The zero-order valence-corrected chi connectivity index (χ0v) is 19.9. The van der Waals surface area contributed by atoms with E-state index in [4.69, 9.17) is 20.4 Å². The molecule has 2 rings (SSSR count). The molecule has 0 spiro atoms. The quantitative estimate of drug-likeness (QED) is 0.360. The van der Waals surface area contributed by atoms with Crippen LogP contribution in [-0.4, -0.2) is 80.9 Å². The molecule has 1 heterocycles. The molecule has 1 aromatic heterocycles. The third kappa shape index (κ3) is 11.1. The topological polar surface area (TPSA) is 139 Å². The van der Waals surface area contributed by atoms with Gasteiger partial charge < -0.3 is 25.3 Å². The van der Waals surface area contributed by atoms with Gasteiger partial charge in [-0.25, -0.2) is 4.79 Å². The van der Waals surface area contributed by atoms with E-state index in [9.17, 15) is 14.4 Å². The molecule has 9 nitrogen and oxygen atoms in total. The third-order valence-electron chi connectivity index (χ3n) is 4.76. The minimum Gasteiger partial charge on any atom is -0.481 e. The Labute approximate surface area is 197 Å². The molecule has 0 aliphatic heterocycles. The lowest BCUT2D eigenvalue weighted by Crippen LogP contribution is -2.42. The molecule has 0 atom stereocenters. The van der Waals surface area contributed by atoms with Crippen molar-refractivity contribution in [1.29, 1.82) is 0 Å². The fraction of sp³-hybridized carbons (Fsp3) is 0.435. The fourth-order valence-corrected chi connectivity index (χ4v) is 3.67. The van der Waals surface area contributed by atoms with Gasteiger partial charge >= 0.3 is 17.9 Å². The van der Waals surface area contributed by atoms with Gasteiger partial charge in [0.05, 0.1) is 12.8 Å². The van der Waals surface area contributed by atoms with Crippen molar-refractivity contribution >= 4 is 29.2 Å². The van der Waals surface area contributed by atoms with Crippen molar-refractivity contribution in [3.05, 3.63) is 57.8 Å². The molecule has 1 aromatic carbocycles. The molecule has 0 saturated heterocycles. The zero-order valence-electron chi connectivity index (χ0n) is 19.1. The molecule has 0 aliphatic rings. The van der Waals surface area contributed by atoms with E-state index in [1.54, 1.807) is 0 Å². The van der Waals surface area contributed by atoms with Crippen molar-refractivity contribution in [3.63, 3.8) is 0 Å². The standard InChI is InChI=1S/C17H24N2S.C6H8O7/c1-15-7-4-5-8-16(15)13-19(11-10-18(2)3)14-17-9-6-12-20-17;7-3(8)1-6(13,5(11)12)2-4(9)10/h4-9,12H,10-11,13-14H2,1-3H3;13H,1-2H2,(H,7,8)(H,9,10)(H,11,12). The lowest BCUT2D eigenvalue weighted by molar-refractivity contribution is -0.170. The normalized spacial score (nSPS) is 11.2. The number of aliphatic carboxylic acids is 3. The van der Waals surface area contributed by atoms with Crippen LogP contribution in [0.2, 0.25) is 0 Å². The van der Waals surface area contributed by atoms with Gasteiger partial charge in [0.25, 0.3) is 0 Å². The Bertz CT molecular complexity index is 884. The van der Waals surface area contributed by atoms with E-state index in [1.165, 1.54) is 16.0 Å². The zero-order chi connectivity index (χ0) is 25.0. The summed E-state index contributed by atoms with van der Waals surface area (Å²) < 4.78 is 0. The van der Waals surface area contributed by atoms with Crippen molar-refractivity contribution in [2.75, 3.05) is 27.2 Å². The summed E-state index contributed by atoms with van der Waals surface area (Å²) in [5, 5.41) is 36.0. The van der Waals surface area contributed by atoms with Crippen LogP contribution in [0, 0.1) is 6.92 Å². The summed E-state index contributed by atoms with van der Waals surface area (Å²) in [5.41, 5.74) is 0.0776. The van der Waals surface area contributed by atoms with Crippen LogP contribution in [0.4, 0.5) is 0 Å². The fourth-order valence-electron chi connectivity index (χ4n) is 2.92. The number of hydrogen-bond acceptors (Lipinski definition) is 7. The minimum atomic E-state index is -2.74. The Morgan fingerprint density at radius 2 is 1.52 bits per heavy atom. The molecule has 0 fully saturated rings. The van der Waals surface area contributed by atoms with E-state index < -0.39 is 36.4 Å². The van der Waals surface area contributed by atoms with E-state index >= 15 is 0 Å². The maximum Gasteiger partial charge on any atom is 0.336 e. The highest BCUT2D eigenvalue weighted by molar-refractivity contribution is 7.09. The van der Waals surface area contributed by atoms with Crippen molar-refractivity contribution in [1.82, 2.24) is 9.80 Å². The largest absolute Gasteiger partial charge is 0.481 e. The maximum absolute atomic E-state index is 10.3. The van der Waals surface area contributed by atoms with E-state index in [0.717, 1.165) is 26.2 Å². The van der Waals surface area contributed by atoms with Crippen LogP contribution in [-0.2, 0) is 27.5 Å². The van der Waals surface area contributed by atoms with Gasteiger partial charge in [-0.15, -0.1) is 11.3 Å². The van der Waals surface area contributed by atoms with Crippen LogP contribution < -0.4 is 0 Å². The highest BCUT2D eigenvalue weighted by atomic mass is 32.1. The minimum absolute atomic E-state index is 1.03. The van der Waals surface area contributed by atoms with Crippen molar-refractivity contribution in [3.8, 4) is 0 Å². The maximum atomic E-state index is 10.3. The van der Waals surface area contributed by atoms with E-state index in [2.05, 4.69) is 72.6 Å². The second-order valence-corrected chi connectivity index (χ2v) is 9.03. The summed E-state index contributed by atoms with van der Waals surface area (Å²) in [6.07, 6.45) is -2.29. The summed E-state index contributed by atoms with van der Waals surface area (Å²) in [6, 6.07) is 13.1. The number of benzene rings is 1. The number of aryl methyl sites for hydroxylation is 1. The van der Waals surface area contributed by atoms with Crippen molar-refractivity contribution in [2.45, 2.75) is 38.5 Å². The molecule has 2 aromatic rings. The lowest BCUT2D eigenvalue weighted by atomic mass is 9.96. The monoisotopic (exact) mass is 480 g/mol. The van der Waals surface area contributed by atoms with Crippen LogP contribution in [0.3, 0.4) is 0 Å². The summed E-state index contributed by atoms with van der Waals surface area (Å²) in [6.45, 7) is 6.46. The molecule has 0 aliphatic carbocycles. The third-order valence-corrected chi connectivity index (χ3v) is 5.62. The van der Waals surface area contributed by atoms with Gasteiger partial charge in [-0.3, -0.25) is 14.5 Å². The predicted octanol–water partition coefficient (Wildman–Crippen LogP) is 2.37. The first-order chi connectivity index (χ1) is 15.4. The molecule has 33 heavy (non-hydrogen) atoms. The highest BCUT2D eigenvalue weighted by Gasteiger charge is 2.40. The van der Waals surface area contributed by atoms with Crippen LogP contribution in [0.1, 0.15) is 28.8 Å². The van der Waals surface area contributed by atoms with Gasteiger partial charge in [0.2, 0.25) is 0 Å². The van der Waals surface area contributed by atoms with Gasteiger partial charge in [0, 0.05) is 31.1 Å².